The van der Waals surface area contributed by atoms with Gasteiger partial charge in [0.2, 0.25) is 0 Å². The normalized spacial score (nSPS) is 34.8. The number of rotatable bonds is 0. The van der Waals surface area contributed by atoms with Crippen molar-refractivity contribution >= 4 is 0 Å². The lowest BCUT2D eigenvalue weighted by molar-refractivity contribution is 0.0288. The molecule has 0 unspecified atom stereocenters. The van der Waals surface area contributed by atoms with Crippen molar-refractivity contribution in [1.82, 2.24) is 4.90 Å². The Balaban J connectivity index is 2.98. The maximum absolute atomic E-state index is 13.8. The van der Waals surface area contributed by atoms with E-state index in [9.17, 15) is 8.78 Å². The number of halogens is 2. The Bertz CT molecular complexity index is 227. The van der Waals surface area contributed by atoms with E-state index in [1.165, 1.54) is 0 Å². The van der Waals surface area contributed by atoms with Gasteiger partial charge in [0.1, 0.15) is 12.3 Å². The molecule has 1 fully saturated rings. The average molecular weight is 219 g/mol. The number of likely N-dealkylation sites (tertiary alicyclic amines) is 1. The van der Waals surface area contributed by atoms with Gasteiger partial charge in [-0.2, -0.15) is 0 Å². The molecule has 1 heterocycles. The van der Waals surface area contributed by atoms with Crippen molar-refractivity contribution in [3.05, 3.63) is 0 Å². The van der Waals surface area contributed by atoms with Gasteiger partial charge in [0.15, 0.2) is 0 Å². The molecule has 0 radical (unpaired) electrons. The Hall–Kier alpha value is -0.180. The number of hydrogen-bond acceptors (Lipinski definition) is 1. The van der Waals surface area contributed by atoms with Crippen molar-refractivity contribution in [2.24, 2.45) is 5.41 Å². The quantitative estimate of drug-likeness (QED) is 0.605. The Morgan fingerprint density at radius 1 is 1.00 bits per heavy atom. The highest BCUT2D eigenvalue weighted by molar-refractivity contribution is 5.03. The molecular formula is C12H23F2N. The van der Waals surface area contributed by atoms with Crippen molar-refractivity contribution in [3.8, 4) is 0 Å². The number of hydrogen-bond donors (Lipinski definition) is 0. The standard InChI is InChI=1S/C12H23F2N/c1-11(2,3)10-9(14)8(13)7-15(10)12(4,5)6/h8-10H,7H2,1-6H3/t8-,9+,10+/m1/s1. The van der Waals surface area contributed by atoms with Crippen LogP contribution in [0.2, 0.25) is 0 Å². The molecule has 0 N–H and O–H groups in total. The van der Waals surface area contributed by atoms with Crippen LogP contribution in [-0.2, 0) is 0 Å². The first-order valence-electron chi connectivity index (χ1n) is 5.60. The van der Waals surface area contributed by atoms with Gasteiger partial charge >= 0.3 is 0 Å². The Kier molecular flexibility index (Phi) is 3.17. The fourth-order valence-electron chi connectivity index (χ4n) is 2.41. The molecular weight excluding hydrogens is 196 g/mol. The third-order valence-corrected chi connectivity index (χ3v) is 3.10. The zero-order valence-electron chi connectivity index (χ0n) is 10.6. The van der Waals surface area contributed by atoms with Crippen LogP contribution in [0.25, 0.3) is 0 Å². The summed E-state index contributed by atoms with van der Waals surface area (Å²) >= 11 is 0. The molecule has 0 bridgehead atoms. The van der Waals surface area contributed by atoms with Gasteiger partial charge in [-0.15, -0.1) is 0 Å². The third-order valence-electron chi connectivity index (χ3n) is 3.10. The maximum Gasteiger partial charge on any atom is 0.148 e. The number of nitrogens with zero attached hydrogens (tertiary/aromatic N) is 1. The molecule has 1 rings (SSSR count). The highest BCUT2D eigenvalue weighted by Gasteiger charge is 2.51. The molecule has 1 aliphatic heterocycles. The molecule has 15 heavy (non-hydrogen) atoms. The third kappa shape index (κ3) is 2.49. The fourth-order valence-corrected chi connectivity index (χ4v) is 2.41. The Morgan fingerprint density at radius 3 is 1.73 bits per heavy atom. The lowest BCUT2D eigenvalue weighted by Gasteiger charge is -2.43. The molecule has 3 atom stereocenters. The summed E-state index contributed by atoms with van der Waals surface area (Å²) in [4.78, 5) is 1.96. The van der Waals surface area contributed by atoms with E-state index in [0.29, 0.717) is 0 Å². The minimum Gasteiger partial charge on any atom is -0.289 e. The van der Waals surface area contributed by atoms with Crippen molar-refractivity contribution in [2.45, 2.75) is 65.5 Å². The molecule has 0 aliphatic carbocycles. The first-order chi connectivity index (χ1) is 6.55. The lowest BCUT2D eigenvalue weighted by Crippen LogP contribution is -2.52. The highest BCUT2D eigenvalue weighted by atomic mass is 19.2. The minimum atomic E-state index is -1.36. The second-order valence-electron chi connectivity index (χ2n) is 6.59. The molecule has 0 saturated carbocycles. The SMILES string of the molecule is CC(C)(C)[C@@H]1[C@@H](F)[C@H](F)CN1C(C)(C)C. The summed E-state index contributed by atoms with van der Waals surface area (Å²) in [6, 6.07) is -0.326. The first-order valence-corrected chi connectivity index (χ1v) is 5.60. The van der Waals surface area contributed by atoms with Crippen LogP contribution >= 0.6 is 0 Å². The highest BCUT2D eigenvalue weighted by Crippen LogP contribution is 2.39. The van der Waals surface area contributed by atoms with Gasteiger partial charge in [-0.25, -0.2) is 8.78 Å². The summed E-state index contributed by atoms with van der Waals surface area (Å²) in [6.45, 7) is 12.2. The monoisotopic (exact) mass is 219 g/mol. The van der Waals surface area contributed by atoms with Crippen LogP contribution in [0.15, 0.2) is 0 Å². The van der Waals surface area contributed by atoms with E-state index in [-0.39, 0.29) is 23.5 Å². The summed E-state index contributed by atoms with van der Waals surface area (Å²) < 4.78 is 27.3. The topological polar surface area (TPSA) is 3.24 Å². The van der Waals surface area contributed by atoms with Crippen molar-refractivity contribution in [3.63, 3.8) is 0 Å². The zero-order valence-corrected chi connectivity index (χ0v) is 10.6. The van der Waals surface area contributed by atoms with Gasteiger partial charge < -0.3 is 0 Å². The predicted octanol–water partition coefficient (Wildman–Crippen LogP) is 3.19. The van der Waals surface area contributed by atoms with Crippen LogP contribution in [0.5, 0.6) is 0 Å². The summed E-state index contributed by atoms with van der Waals surface area (Å²) in [5, 5.41) is 0. The molecule has 90 valence electrons. The molecule has 0 spiro atoms. The van der Waals surface area contributed by atoms with Crippen LogP contribution in [0, 0.1) is 5.41 Å². The van der Waals surface area contributed by atoms with Crippen LogP contribution < -0.4 is 0 Å². The van der Waals surface area contributed by atoms with Crippen molar-refractivity contribution in [2.75, 3.05) is 6.54 Å². The van der Waals surface area contributed by atoms with Gasteiger partial charge in [-0.3, -0.25) is 4.90 Å². The zero-order chi connectivity index (χ0) is 12.0. The van der Waals surface area contributed by atoms with Crippen LogP contribution in [0.4, 0.5) is 8.78 Å². The predicted molar refractivity (Wildman–Crippen MR) is 59.5 cm³/mol. The van der Waals surface area contributed by atoms with Crippen molar-refractivity contribution < 1.29 is 8.78 Å². The Morgan fingerprint density at radius 2 is 1.47 bits per heavy atom. The fraction of sp³-hybridized carbons (Fsp3) is 1.00. The minimum absolute atomic E-state index is 0.177. The molecule has 1 saturated heterocycles. The summed E-state index contributed by atoms with van der Waals surface area (Å²) in [5.74, 6) is 0. The van der Waals surface area contributed by atoms with E-state index < -0.39 is 12.3 Å². The second-order valence-corrected chi connectivity index (χ2v) is 6.59. The van der Waals surface area contributed by atoms with E-state index in [4.69, 9.17) is 0 Å². The molecule has 0 aromatic rings. The Labute approximate surface area is 91.8 Å². The maximum atomic E-state index is 13.8. The van der Waals surface area contributed by atoms with Gasteiger partial charge in [-0.1, -0.05) is 20.8 Å². The largest absolute Gasteiger partial charge is 0.289 e. The van der Waals surface area contributed by atoms with Gasteiger partial charge in [0.05, 0.1) is 0 Å². The van der Waals surface area contributed by atoms with Crippen LogP contribution in [0.1, 0.15) is 41.5 Å². The molecule has 1 aliphatic rings. The lowest BCUT2D eigenvalue weighted by atomic mass is 9.82. The second kappa shape index (κ2) is 3.69. The van der Waals surface area contributed by atoms with E-state index in [0.717, 1.165) is 0 Å². The van der Waals surface area contributed by atoms with Gasteiger partial charge in [0, 0.05) is 18.1 Å². The molecule has 1 nitrogen and oxygen atoms in total. The van der Waals surface area contributed by atoms with E-state index in [2.05, 4.69) is 0 Å². The molecule has 0 amide bonds. The van der Waals surface area contributed by atoms with Crippen LogP contribution in [0.3, 0.4) is 0 Å². The van der Waals surface area contributed by atoms with Gasteiger partial charge in [-0.05, 0) is 26.2 Å². The number of alkyl halides is 2. The summed E-state index contributed by atoms with van der Waals surface area (Å²) in [7, 11) is 0. The van der Waals surface area contributed by atoms with E-state index >= 15 is 0 Å². The molecule has 0 aromatic carbocycles. The first kappa shape index (κ1) is 12.9. The molecule has 3 heteroatoms. The summed E-state index contributed by atoms with van der Waals surface area (Å²) in [6.07, 6.45) is -2.70. The smallest absolute Gasteiger partial charge is 0.148 e. The van der Waals surface area contributed by atoms with E-state index in [1.807, 2.05) is 46.4 Å². The average Bonchev–Trinajstić information content (AvgIpc) is 2.25. The van der Waals surface area contributed by atoms with Crippen molar-refractivity contribution in [1.29, 1.82) is 0 Å². The van der Waals surface area contributed by atoms with E-state index in [1.54, 1.807) is 0 Å². The molecule has 0 aromatic heterocycles. The summed E-state index contributed by atoms with van der Waals surface area (Å²) in [5.41, 5.74) is -0.406. The van der Waals surface area contributed by atoms with Gasteiger partial charge in [0.25, 0.3) is 0 Å². The van der Waals surface area contributed by atoms with Crippen LogP contribution in [-0.4, -0.2) is 35.4 Å².